The predicted octanol–water partition coefficient (Wildman–Crippen LogP) is 3.15. The van der Waals surface area contributed by atoms with Gasteiger partial charge in [0.2, 0.25) is 0 Å². The van der Waals surface area contributed by atoms with Crippen molar-refractivity contribution < 1.29 is 9.53 Å². The first-order valence-corrected chi connectivity index (χ1v) is 6.65. The number of rotatable bonds is 4. The Morgan fingerprint density at radius 1 is 1.59 bits per heavy atom. The van der Waals surface area contributed by atoms with E-state index in [2.05, 4.69) is 21.2 Å². The predicted molar refractivity (Wildman–Crippen MR) is 70.4 cm³/mol. The number of hydrogen-bond donors (Lipinski definition) is 1. The van der Waals surface area contributed by atoms with Crippen molar-refractivity contribution in [2.75, 3.05) is 0 Å². The van der Waals surface area contributed by atoms with Gasteiger partial charge in [-0.1, -0.05) is 27.5 Å². The lowest BCUT2D eigenvalue weighted by Gasteiger charge is -2.15. The fourth-order valence-electron chi connectivity index (χ4n) is 1.36. The van der Waals surface area contributed by atoms with E-state index in [1.165, 1.54) is 0 Å². The van der Waals surface area contributed by atoms with Crippen LogP contribution >= 0.6 is 27.5 Å². The van der Waals surface area contributed by atoms with Gasteiger partial charge in [-0.2, -0.15) is 0 Å². The normalized spacial score (nSPS) is 16.4. The van der Waals surface area contributed by atoms with Crippen LogP contribution in [0.15, 0.2) is 22.7 Å². The van der Waals surface area contributed by atoms with E-state index in [9.17, 15) is 4.79 Å². The van der Waals surface area contributed by atoms with Crippen LogP contribution in [0.5, 0.6) is 5.75 Å². The Hall–Kier alpha value is -0.740. The van der Waals surface area contributed by atoms with E-state index in [4.69, 9.17) is 16.3 Å². The molecule has 1 aromatic carbocycles. The lowest BCUT2D eigenvalue weighted by atomic mass is 10.3. The molecule has 5 heteroatoms. The number of halogens is 2. The molecule has 0 radical (unpaired) electrons. The van der Waals surface area contributed by atoms with Gasteiger partial charge in [0.05, 0.1) is 5.02 Å². The van der Waals surface area contributed by atoms with Gasteiger partial charge in [-0.3, -0.25) is 4.79 Å². The van der Waals surface area contributed by atoms with Gasteiger partial charge in [0.25, 0.3) is 5.91 Å². The monoisotopic (exact) mass is 317 g/mol. The summed E-state index contributed by atoms with van der Waals surface area (Å²) in [6.07, 6.45) is 1.60. The highest BCUT2D eigenvalue weighted by Gasteiger charge is 2.26. The van der Waals surface area contributed by atoms with Gasteiger partial charge in [-0.05, 0) is 38.0 Å². The average molecular weight is 319 g/mol. The maximum Gasteiger partial charge on any atom is 0.260 e. The van der Waals surface area contributed by atoms with E-state index in [-0.39, 0.29) is 5.91 Å². The Morgan fingerprint density at radius 2 is 2.29 bits per heavy atom. The minimum Gasteiger partial charge on any atom is -0.479 e. The van der Waals surface area contributed by atoms with Crippen molar-refractivity contribution in [3.8, 4) is 5.75 Å². The van der Waals surface area contributed by atoms with Crippen LogP contribution in [0.3, 0.4) is 0 Å². The van der Waals surface area contributed by atoms with Crippen LogP contribution in [0.2, 0.25) is 5.02 Å². The molecule has 0 heterocycles. The number of benzene rings is 1. The minimum atomic E-state index is -0.533. The van der Waals surface area contributed by atoms with Gasteiger partial charge in [0.15, 0.2) is 6.10 Å². The second-order valence-corrected chi connectivity index (χ2v) is 5.44. The molecule has 0 bridgehead atoms. The zero-order valence-electron chi connectivity index (χ0n) is 9.37. The summed E-state index contributed by atoms with van der Waals surface area (Å²) in [7, 11) is 0. The first-order valence-electron chi connectivity index (χ1n) is 5.48. The standard InChI is InChI=1S/C12H13BrClNO2/c1-7(12(16)15-9-3-4-9)17-11-5-2-8(13)6-10(11)14/h2,5-7,9H,3-4H2,1H3,(H,15,16)/t7-/m1/s1. The lowest BCUT2D eigenvalue weighted by Crippen LogP contribution is -2.37. The summed E-state index contributed by atoms with van der Waals surface area (Å²) in [5.41, 5.74) is 0. The summed E-state index contributed by atoms with van der Waals surface area (Å²) < 4.78 is 6.41. The van der Waals surface area contributed by atoms with Crippen molar-refractivity contribution in [1.82, 2.24) is 5.32 Å². The summed E-state index contributed by atoms with van der Waals surface area (Å²) in [5.74, 6) is 0.430. The number of carbonyl (C=O) groups excluding carboxylic acids is 1. The number of hydrogen-bond acceptors (Lipinski definition) is 2. The highest BCUT2D eigenvalue weighted by molar-refractivity contribution is 9.10. The smallest absolute Gasteiger partial charge is 0.260 e. The van der Waals surface area contributed by atoms with E-state index in [0.717, 1.165) is 17.3 Å². The summed E-state index contributed by atoms with van der Waals surface area (Å²) in [6.45, 7) is 1.72. The first kappa shape index (κ1) is 12.7. The molecule has 1 atom stereocenters. The largest absolute Gasteiger partial charge is 0.479 e. The molecule has 1 amide bonds. The van der Waals surface area contributed by atoms with Crippen LogP contribution in [0.4, 0.5) is 0 Å². The molecule has 3 nitrogen and oxygen atoms in total. The van der Waals surface area contributed by atoms with Crippen molar-refractivity contribution in [3.63, 3.8) is 0 Å². The SMILES string of the molecule is C[C@@H](Oc1ccc(Br)cc1Cl)C(=O)NC1CC1. The fraction of sp³-hybridized carbons (Fsp3) is 0.417. The maximum absolute atomic E-state index is 11.7. The zero-order valence-corrected chi connectivity index (χ0v) is 11.7. The molecule has 1 aliphatic rings. The van der Waals surface area contributed by atoms with Crippen LogP contribution in [-0.2, 0) is 4.79 Å². The quantitative estimate of drug-likeness (QED) is 0.926. The van der Waals surface area contributed by atoms with E-state index in [0.29, 0.717) is 16.8 Å². The van der Waals surface area contributed by atoms with Gasteiger partial charge < -0.3 is 10.1 Å². The minimum absolute atomic E-state index is 0.0912. The fourth-order valence-corrected chi connectivity index (χ4v) is 2.08. The molecule has 0 aliphatic heterocycles. The highest BCUT2D eigenvalue weighted by Crippen LogP contribution is 2.28. The molecule has 92 valence electrons. The molecule has 1 aliphatic carbocycles. The van der Waals surface area contributed by atoms with Gasteiger partial charge in [-0.25, -0.2) is 0 Å². The lowest BCUT2D eigenvalue weighted by molar-refractivity contribution is -0.127. The van der Waals surface area contributed by atoms with Gasteiger partial charge >= 0.3 is 0 Å². The summed E-state index contributed by atoms with van der Waals surface area (Å²) >= 11 is 9.32. The molecule has 1 aromatic rings. The number of amides is 1. The Labute approximate surface area is 114 Å². The van der Waals surface area contributed by atoms with Gasteiger partial charge in [0, 0.05) is 10.5 Å². The molecule has 17 heavy (non-hydrogen) atoms. The molecule has 1 saturated carbocycles. The Bertz CT molecular complexity index is 435. The zero-order chi connectivity index (χ0) is 12.4. The molecule has 0 aromatic heterocycles. The molecule has 1 fully saturated rings. The van der Waals surface area contributed by atoms with E-state index in [1.54, 1.807) is 19.1 Å². The molecule has 2 rings (SSSR count). The van der Waals surface area contributed by atoms with Crippen LogP contribution in [0.25, 0.3) is 0 Å². The Morgan fingerprint density at radius 3 is 2.88 bits per heavy atom. The van der Waals surface area contributed by atoms with Crippen molar-refractivity contribution in [2.45, 2.75) is 31.9 Å². The topological polar surface area (TPSA) is 38.3 Å². The number of ether oxygens (including phenoxy) is 1. The number of nitrogens with one attached hydrogen (secondary N) is 1. The van der Waals surface area contributed by atoms with Crippen molar-refractivity contribution in [3.05, 3.63) is 27.7 Å². The van der Waals surface area contributed by atoms with E-state index in [1.807, 2.05) is 6.07 Å². The Balaban J connectivity index is 1.96. The summed E-state index contributed by atoms with van der Waals surface area (Å²) in [6, 6.07) is 5.65. The molecular weight excluding hydrogens is 305 g/mol. The van der Waals surface area contributed by atoms with Crippen LogP contribution in [0, 0.1) is 0 Å². The third-order valence-corrected chi connectivity index (χ3v) is 3.28. The second kappa shape index (κ2) is 5.27. The first-order chi connectivity index (χ1) is 8.06. The van der Waals surface area contributed by atoms with Crippen LogP contribution in [-0.4, -0.2) is 18.1 Å². The number of carbonyl (C=O) groups is 1. The average Bonchev–Trinajstić information content (AvgIpc) is 3.06. The van der Waals surface area contributed by atoms with Crippen molar-refractivity contribution >= 4 is 33.4 Å². The third-order valence-electron chi connectivity index (χ3n) is 2.49. The Kier molecular flexibility index (Phi) is 3.94. The van der Waals surface area contributed by atoms with Gasteiger partial charge in [-0.15, -0.1) is 0 Å². The summed E-state index contributed by atoms with van der Waals surface area (Å²) in [4.78, 5) is 11.7. The van der Waals surface area contributed by atoms with Crippen LogP contribution in [0.1, 0.15) is 19.8 Å². The molecule has 1 N–H and O–H groups in total. The molecule has 0 unspecified atom stereocenters. The molecular formula is C12H13BrClNO2. The molecule has 0 spiro atoms. The highest BCUT2D eigenvalue weighted by atomic mass is 79.9. The summed E-state index contributed by atoms with van der Waals surface area (Å²) in [5, 5.41) is 3.38. The van der Waals surface area contributed by atoms with Gasteiger partial charge in [0.1, 0.15) is 5.75 Å². The third kappa shape index (κ3) is 3.61. The van der Waals surface area contributed by atoms with Crippen molar-refractivity contribution in [2.24, 2.45) is 0 Å². The second-order valence-electron chi connectivity index (χ2n) is 4.12. The van der Waals surface area contributed by atoms with E-state index >= 15 is 0 Å². The maximum atomic E-state index is 11.7. The molecule has 0 saturated heterocycles. The van der Waals surface area contributed by atoms with Crippen molar-refractivity contribution in [1.29, 1.82) is 0 Å². The van der Waals surface area contributed by atoms with Crippen LogP contribution < -0.4 is 10.1 Å². The van der Waals surface area contributed by atoms with E-state index < -0.39 is 6.10 Å².